The monoisotopic (exact) mass is 339 g/mol. The molecule has 1 atom stereocenters. The molecule has 8 heteroatoms. The summed E-state index contributed by atoms with van der Waals surface area (Å²) < 4.78 is 12.3. The van der Waals surface area contributed by atoms with Gasteiger partial charge >= 0.3 is 5.03 Å². The molecular weight excluding hydrogens is 330 g/mol. The lowest BCUT2D eigenvalue weighted by Gasteiger charge is -2.07. The molecule has 0 aliphatic rings. The van der Waals surface area contributed by atoms with Crippen LogP contribution in [0.25, 0.3) is 6.08 Å². The first-order chi connectivity index (χ1) is 10.4. The molecule has 0 bridgehead atoms. The highest BCUT2D eigenvalue weighted by molar-refractivity contribution is 7.95. The van der Waals surface area contributed by atoms with Crippen molar-refractivity contribution in [3.63, 3.8) is 0 Å². The van der Waals surface area contributed by atoms with Gasteiger partial charge in [0.2, 0.25) is 0 Å². The number of nitro groups is 1. The Bertz CT molecular complexity index is 733. The van der Waals surface area contributed by atoms with Gasteiger partial charge in [0.25, 0.3) is 0 Å². The van der Waals surface area contributed by atoms with Gasteiger partial charge in [-0.15, -0.1) is 0 Å². The summed E-state index contributed by atoms with van der Waals surface area (Å²) in [5.41, 5.74) is 0.240. The summed E-state index contributed by atoms with van der Waals surface area (Å²) in [5.74, 6) is -0.771. The van der Waals surface area contributed by atoms with E-state index in [1.54, 1.807) is 0 Å². The Hall–Kier alpha value is -2.22. The molecule has 1 unspecified atom stereocenters. The van der Waals surface area contributed by atoms with Crippen LogP contribution in [0.1, 0.15) is 5.56 Å². The van der Waals surface area contributed by atoms with Crippen molar-refractivity contribution in [1.29, 1.82) is 0 Å². The molecule has 0 aliphatic carbocycles. The summed E-state index contributed by atoms with van der Waals surface area (Å²) in [6.45, 7) is 0. The van der Waals surface area contributed by atoms with E-state index in [0.29, 0.717) is 5.02 Å². The average molecular weight is 340 g/mol. The topological polar surface area (TPSA) is 107 Å². The largest absolute Gasteiger partial charge is 0.602 e. The highest BCUT2D eigenvalue weighted by Crippen LogP contribution is 2.28. The van der Waals surface area contributed by atoms with E-state index < -0.39 is 26.9 Å². The van der Waals surface area contributed by atoms with E-state index >= 15 is 0 Å². The normalized spacial score (nSPS) is 12.9. The first-order valence-electron chi connectivity index (χ1n) is 5.94. The Morgan fingerprint density at radius 3 is 2.32 bits per heavy atom. The van der Waals surface area contributed by atoms with Crippen molar-refractivity contribution in [2.24, 2.45) is 0 Å². The van der Waals surface area contributed by atoms with Crippen molar-refractivity contribution in [2.45, 2.75) is 4.90 Å². The van der Waals surface area contributed by atoms with E-state index in [1.165, 1.54) is 36.4 Å². The maximum absolute atomic E-state index is 12.3. The minimum Gasteiger partial charge on any atom is -0.602 e. The maximum Gasteiger partial charge on any atom is 0.446 e. The zero-order valence-corrected chi connectivity index (χ0v) is 12.5. The fourth-order valence-corrected chi connectivity index (χ4v) is 2.75. The third-order valence-corrected chi connectivity index (χ3v) is 4.29. The molecule has 2 aromatic carbocycles. The van der Waals surface area contributed by atoms with Crippen LogP contribution in [0.2, 0.25) is 5.02 Å². The third-order valence-electron chi connectivity index (χ3n) is 2.69. The van der Waals surface area contributed by atoms with Crippen LogP contribution in [0.5, 0.6) is 11.5 Å². The highest BCUT2D eigenvalue weighted by atomic mass is 35.5. The van der Waals surface area contributed by atoms with Gasteiger partial charge in [-0.25, -0.2) is 0 Å². The molecule has 0 spiro atoms. The first kappa shape index (κ1) is 16.2. The number of hydrogen-bond acceptors (Lipinski definition) is 5. The molecule has 2 rings (SSSR count). The summed E-state index contributed by atoms with van der Waals surface area (Å²) in [7, 11) is 0. The van der Waals surface area contributed by atoms with Crippen molar-refractivity contribution >= 4 is 28.9 Å². The molecule has 2 N–H and O–H groups in total. The molecule has 0 saturated carbocycles. The zero-order chi connectivity index (χ0) is 16.3. The Morgan fingerprint density at radius 1 is 1.14 bits per heavy atom. The average Bonchev–Trinajstić information content (AvgIpc) is 2.48. The minimum atomic E-state index is -2.01. The van der Waals surface area contributed by atoms with Crippen LogP contribution in [-0.4, -0.2) is 19.7 Å². The van der Waals surface area contributed by atoms with Crippen molar-refractivity contribution in [1.82, 2.24) is 0 Å². The number of nitrogens with zero attached hydrogens (tertiary/aromatic N) is 1. The van der Waals surface area contributed by atoms with Gasteiger partial charge in [-0.1, -0.05) is 17.7 Å². The summed E-state index contributed by atoms with van der Waals surface area (Å²) in [5, 5.41) is 29.6. The van der Waals surface area contributed by atoms with Gasteiger partial charge < -0.3 is 14.8 Å². The molecule has 6 nitrogen and oxygen atoms in total. The Morgan fingerprint density at radius 2 is 1.77 bits per heavy atom. The van der Waals surface area contributed by atoms with Crippen molar-refractivity contribution in [3.8, 4) is 11.5 Å². The lowest BCUT2D eigenvalue weighted by molar-refractivity contribution is -0.410. The van der Waals surface area contributed by atoms with Crippen LogP contribution < -0.4 is 0 Å². The van der Waals surface area contributed by atoms with Gasteiger partial charge in [-0.05, 0) is 42.0 Å². The maximum atomic E-state index is 12.3. The molecule has 0 aromatic heterocycles. The number of phenolic OH excluding ortho intramolecular Hbond substituents is 2. The van der Waals surface area contributed by atoms with Crippen LogP contribution in [0.3, 0.4) is 0 Å². The molecule has 0 amide bonds. The lowest BCUT2D eigenvalue weighted by Crippen LogP contribution is -2.12. The summed E-state index contributed by atoms with van der Waals surface area (Å²) in [6, 6.07) is 9.52. The van der Waals surface area contributed by atoms with Gasteiger partial charge in [-0.2, -0.15) is 0 Å². The van der Waals surface area contributed by atoms with Crippen molar-refractivity contribution < 1.29 is 19.7 Å². The van der Waals surface area contributed by atoms with Crippen LogP contribution >= 0.6 is 11.6 Å². The van der Waals surface area contributed by atoms with E-state index in [-0.39, 0.29) is 16.2 Å². The smallest absolute Gasteiger partial charge is 0.446 e. The van der Waals surface area contributed by atoms with Gasteiger partial charge in [0, 0.05) is 5.02 Å². The number of rotatable bonds is 4. The third kappa shape index (κ3) is 3.70. The predicted octanol–water partition coefficient (Wildman–Crippen LogP) is 3.13. The van der Waals surface area contributed by atoms with Crippen molar-refractivity contribution in [2.75, 3.05) is 0 Å². The molecule has 0 fully saturated rings. The fourth-order valence-electron chi connectivity index (χ4n) is 1.63. The molecule has 2 aromatic rings. The Kier molecular flexibility index (Phi) is 4.92. The Balaban J connectivity index is 2.40. The molecule has 22 heavy (non-hydrogen) atoms. The van der Waals surface area contributed by atoms with Gasteiger partial charge in [0.05, 0.1) is 17.3 Å². The molecule has 0 radical (unpaired) electrons. The predicted molar refractivity (Wildman–Crippen MR) is 82.6 cm³/mol. The van der Waals surface area contributed by atoms with E-state index in [1.807, 2.05) is 0 Å². The minimum absolute atomic E-state index is 0.232. The SMILES string of the molecule is O=[N+]([O-])/C(=C\c1ccc(O)c(O)c1)[S+]([O-])c1ccc(Cl)cc1. The Labute approximate surface area is 133 Å². The second kappa shape index (κ2) is 6.69. The van der Waals surface area contributed by atoms with Gasteiger partial charge in [-0.3, -0.25) is 10.1 Å². The molecule has 0 aliphatic heterocycles. The first-order valence-corrected chi connectivity index (χ1v) is 7.46. The fraction of sp³-hybridized carbons (Fsp3) is 0. The molecular formula is C14H10ClNO5S. The second-order valence-corrected chi connectivity index (χ2v) is 6.07. The van der Waals surface area contributed by atoms with Crippen LogP contribution in [-0.2, 0) is 11.2 Å². The standard InChI is InChI=1S/C14H10ClNO5S/c15-10-2-4-11(5-3-10)22(21)14(16(19)20)8-9-1-6-12(17)13(18)7-9/h1-8,17-18H/b14-8+. The van der Waals surface area contributed by atoms with E-state index in [9.17, 15) is 24.9 Å². The number of phenols is 2. The van der Waals surface area contributed by atoms with Crippen LogP contribution in [0.15, 0.2) is 52.4 Å². The summed E-state index contributed by atoms with van der Waals surface area (Å²) >= 11 is 3.71. The number of halogens is 1. The van der Waals surface area contributed by atoms with Crippen LogP contribution in [0, 0.1) is 10.1 Å². The van der Waals surface area contributed by atoms with E-state index in [0.717, 1.165) is 12.1 Å². The number of benzene rings is 2. The van der Waals surface area contributed by atoms with Crippen molar-refractivity contribution in [3.05, 3.63) is 68.2 Å². The second-order valence-electron chi connectivity index (χ2n) is 4.21. The highest BCUT2D eigenvalue weighted by Gasteiger charge is 2.29. The van der Waals surface area contributed by atoms with Gasteiger partial charge in [0.15, 0.2) is 16.4 Å². The van der Waals surface area contributed by atoms with Gasteiger partial charge in [0.1, 0.15) is 4.92 Å². The van der Waals surface area contributed by atoms with Crippen LogP contribution in [0.4, 0.5) is 0 Å². The van der Waals surface area contributed by atoms with E-state index in [4.69, 9.17) is 11.6 Å². The zero-order valence-electron chi connectivity index (χ0n) is 11.0. The number of hydrogen-bond donors (Lipinski definition) is 2. The number of aromatic hydroxyl groups is 2. The lowest BCUT2D eigenvalue weighted by atomic mass is 10.2. The quantitative estimate of drug-likeness (QED) is 0.385. The summed E-state index contributed by atoms with van der Waals surface area (Å²) in [6.07, 6.45) is 1.07. The summed E-state index contributed by atoms with van der Waals surface area (Å²) in [4.78, 5) is 10.6. The molecule has 0 heterocycles. The molecule has 0 saturated heterocycles. The molecule has 114 valence electrons. The van der Waals surface area contributed by atoms with E-state index in [2.05, 4.69) is 0 Å².